The molecule has 3 saturated heterocycles. The van der Waals surface area contributed by atoms with Crippen molar-refractivity contribution in [1.82, 2.24) is 94.3 Å². The molecule has 5 aromatic rings. The van der Waals surface area contributed by atoms with Crippen molar-refractivity contribution in [3.05, 3.63) is 120 Å². The number of nitrogens with one attached hydrogen (secondary N) is 17. The van der Waals surface area contributed by atoms with Gasteiger partial charge in [-0.1, -0.05) is 96.1 Å². The summed E-state index contributed by atoms with van der Waals surface area (Å²) in [7, 11) is 1.61. The molecule has 15 amide bonds. The van der Waals surface area contributed by atoms with Gasteiger partial charge in [-0.25, -0.2) is 4.98 Å². The maximum absolute atomic E-state index is 15.7. The Hall–Kier alpha value is -11.8. The average molecular weight is 1660 g/mol. The molecular weight excluding hydrogens is 1560 g/mol. The van der Waals surface area contributed by atoms with E-state index in [9.17, 15) is 48.9 Å². The molecule has 632 valence electrons. The number of nitrogens with zero attached hydrogens (tertiary/aromatic N) is 2. The quantitative estimate of drug-likeness (QED) is 0.0107. The normalized spacial score (nSPS) is 22.3. The van der Waals surface area contributed by atoms with Gasteiger partial charge in [0, 0.05) is 99.2 Å². The van der Waals surface area contributed by atoms with E-state index in [1.165, 1.54) is 41.7 Å². The number of aliphatic hydroxyl groups is 2. The van der Waals surface area contributed by atoms with Crippen LogP contribution in [0.15, 0.2) is 97.6 Å². The summed E-state index contributed by atoms with van der Waals surface area (Å²) in [5.41, 5.74) is 13.6. The van der Waals surface area contributed by atoms with E-state index in [4.69, 9.17) is 16.9 Å². The maximum Gasteiger partial charge on any atom is 0.245 e. The average Bonchev–Trinajstić information content (AvgIpc) is 1.73. The number of imidazole rings is 1. The maximum atomic E-state index is 15.7. The molecule has 3 aliphatic rings. The number of fused-ring (bicyclic) bond motifs is 9. The van der Waals surface area contributed by atoms with E-state index in [-0.39, 0.29) is 95.3 Å². The zero-order valence-electron chi connectivity index (χ0n) is 64.8. The van der Waals surface area contributed by atoms with Crippen molar-refractivity contribution in [3.8, 4) is 5.75 Å². The van der Waals surface area contributed by atoms with Crippen LogP contribution in [0.3, 0.4) is 0 Å². The summed E-state index contributed by atoms with van der Waals surface area (Å²) in [6.07, 6.45) is 2.41. The number of carbonyl (C=O) groups excluding carboxylic acids is 15. The summed E-state index contributed by atoms with van der Waals surface area (Å²) in [6.45, 7) is 2.26. The minimum atomic E-state index is -1.98. The summed E-state index contributed by atoms with van der Waals surface area (Å²) in [4.78, 5) is 230. The Morgan fingerprint density at radius 2 is 1.24 bits per heavy atom. The van der Waals surface area contributed by atoms with E-state index in [1.807, 2.05) is 0 Å². The van der Waals surface area contributed by atoms with Gasteiger partial charge in [-0.3, -0.25) is 77.3 Å². The first-order valence-corrected chi connectivity index (χ1v) is 40.8. The lowest BCUT2D eigenvalue weighted by Crippen LogP contribution is -2.62. The van der Waals surface area contributed by atoms with E-state index in [0.29, 0.717) is 34.0 Å². The number of nitrogens with two attached hydrogens (primary N) is 2. The summed E-state index contributed by atoms with van der Waals surface area (Å²) in [5, 5.41) is 76.3. The van der Waals surface area contributed by atoms with Gasteiger partial charge in [0.1, 0.15) is 84.3 Å². The molecular formula is C76H103N21O18S2. The topological polar surface area (TPSA) is 609 Å². The lowest BCUT2D eigenvalue weighted by molar-refractivity contribution is -0.142. The number of hydrogen-bond acceptors (Lipinski definition) is 22. The van der Waals surface area contributed by atoms with E-state index in [1.54, 1.807) is 74.6 Å². The molecule has 2 aromatic heterocycles. The molecule has 3 aliphatic heterocycles. The molecule has 0 aliphatic carbocycles. The van der Waals surface area contributed by atoms with E-state index < -0.39 is 217 Å². The molecule has 0 saturated carbocycles. The van der Waals surface area contributed by atoms with Crippen LogP contribution in [-0.4, -0.2) is 253 Å². The summed E-state index contributed by atoms with van der Waals surface area (Å²) in [5.74, 6) is -16.3. The van der Waals surface area contributed by atoms with Crippen LogP contribution in [0.25, 0.3) is 10.9 Å². The van der Waals surface area contributed by atoms with Crippen LogP contribution in [0.2, 0.25) is 0 Å². The summed E-state index contributed by atoms with van der Waals surface area (Å²) in [6, 6.07) is 0.0739. The number of guanidine groups is 1. The second kappa shape index (κ2) is 44.9. The van der Waals surface area contributed by atoms with Crippen LogP contribution in [0.4, 0.5) is 0 Å². The number of para-hydroxylation sites is 1. The van der Waals surface area contributed by atoms with Crippen LogP contribution >= 0.6 is 21.6 Å². The molecule has 0 spiro atoms. The number of amides is 15. The third kappa shape index (κ3) is 27.7. The number of phenolic OH excluding ortho intramolecular Hbond substituents is 1. The number of primary amides is 1. The molecule has 117 heavy (non-hydrogen) atoms. The minimum absolute atomic E-state index is 0.00707. The highest BCUT2D eigenvalue weighted by molar-refractivity contribution is 8.76. The highest BCUT2D eigenvalue weighted by Crippen LogP contribution is 2.27. The Balaban J connectivity index is 1.25. The Morgan fingerprint density at radius 1 is 0.624 bits per heavy atom. The highest BCUT2D eigenvalue weighted by atomic mass is 33.1. The first-order chi connectivity index (χ1) is 56.0. The number of aromatic amines is 2. The van der Waals surface area contributed by atoms with Gasteiger partial charge in [-0.15, -0.1) is 0 Å². The fourth-order valence-corrected chi connectivity index (χ4v) is 15.7. The summed E-state index contributed by atoms with van der Waals surface area (Å²) < 4.78 is 0. The number of rotatable bonds is 26. The zero-order valence-corrected chi connectivity index (χ0v) is 66.4. The van der Waals surface area contributed by atoms with Crippen molar-refractivity contribution in [2.75, 3.05) is 44.4 Å². The fourth-order valence-electron chi connectivity index (χ4n) is 13.4. The molecule has 3 aromatic carbocycles. The van der Waals surface area contributed by atoms with Crippen LogP contribution in [0, 0.1) is 11.3 Å². The van der Waals surface area contributed by atoms with Crippen LogP contribution in [0.1, 0.15) is 101 Å². The van der Waals surface area contributed by atoms with Gasteiger partial charge in [0.15, 0.2) is 5.96 Å². The number of aromatic nitrogens is 3. The Morgan fingerprint density at radius 3 is 1.91 bits per heavy atom. The number of H-pyrrole nitrogens is 2. The molecule has 24 N–H and O–H groups in total. The minimum Gasteiger partial charge on any atom is -0.508 e. The number of likely N-dealkylation sites (tertiary alicyclic amines) is 1. The number of phenols is 1. The zero-order chi connectivity index (χ0) is 84.8. The van der Waals surface area contributed by atoms with Gasteiger partial charge in [0.2, 0.25) is 88.6 Å². The van der Waals surface area contributed by atoms with E-state index in [2.05, 4.69) is 89.4 Å². The number of hydrogen-bond donors (Lipinski definition) is 22. The molecule has 5 heterocycles. The molecule has 8 rings (SSSR count). The van der Waals surface area contributed by atoms with Gasteiger partial charge in [0.05, 0.1) is 19.5 Å². The molecule has 3 fully saturated rings. The molecule has 0 radical (unpaired) electrons. The predicted molar refractivity (Wildman–Crippen MR) is 428 cm³/mol. The van der Waals surface area contributed by atoms with Crippen molar-refractivity contribution in [1.29, 1.82) is 5.41 Å². The third-order valence-electron chi connectivity index (χ3n) is 19.7. The third-order valence-corrected chi connectivity index (χ3v) is 22.1. The fraction of sp³-hybridized carbons (Fsp3) is 0.487. The van der Waals surface area contributed by atoms with E-state index >= 15 is 38.4 Å². The monoisotopic (exact) mass is 1660 g/mol. The molecule has 39 nitrogen and oxygen atoms in total. The van der Waals surface area contributed by atoms with Crippen molar-refractivity contribution < 1.29 is 87.2 Å². The van der Waals surface area contributed by atoms with Crippen molar-refractivity contribution in [2.45, 2.75) is 183 Å². The van der Waals surface area contributed by atoms with Crippen molar-refractivity contribution >= 4 is 127 Å². The van der Waals surface area contributed by atoms with Gasteiger partial charge in [-0.05, 0) is 92.2 Å². The molecule has 0 unspecified atom stereocenters. The van der Waals surface area contributed by atoms with Gasteiger partial charge >= 0.3 is 0 Å². The number of carbonyl (C=O) groups is 15. The largest absolute Gasteiger partial charge is 0.508 e. The van der Waals surface area contributed by atoms with Crippen LogP contribution in [-0.2, 0) is 97.6 Å². The van der Waals surface area contributed by atoms with Gasteiger partial charge in [0.25, 0.3) is 0 Å². The lowest BCUT2D eigenvalue weighted by Gasteiger charge is -2.31. The van der Waals surface area contributed by atoms with E-state index in [0.717, 1.165) is 28.5 Å². The first kappa shape index (κ1) is 90.7. The molecule has 41 heteroatoms. The standard InChI is InChI=1S/C76H103N21O18S2/c1-40(2)62(63(77)103)96-74(114)60-19-12-28-97(60)75(115)51-17-9-10-26-81-61(102)25-24-50-65(105)92-55(32-45-34-80-39-84-45)69(109)89-52(29-42-13-5-4-6-14-42)66(106)86-49(18-11-27-82-76(78)79)64(104)91-54(31-44-33-83-48-16-8-7-15-47(44)48)68(108)94-59(73(113)88-51)38-117-116-37-58(72(112)87-50)95-71(111)57(36-99)93-67(107)53(30-43-20-22-46(101)23-21-43)90-70(110)56(35-98)85-41(3)100/h4-8,13-16,20-23,33-34,39-40,49-60,62,83,98-99,101H,9-12,17-19,24-32,35-38H2,1-3H3,(H2,77,103)(H,80,84)(H,81,102)(H,85,100)(H,86,106)(H,87,112)(H,88,113)(H,89,109)(H,90,110)(H,91,104)(H,92,105)(H,93,107)(H,94,108)(H,95,111)(H,96,114)(H4,78,79,82)/t49-,50-,51-,52+,53-,54-,55-,56-,57-,58-,59-,60-,62-/m0/s1. The van der Waals surface area contributed by atoms with Crippen LogP contribution in [0.5, 0.6) is 5.75 Å². The predicted octanol–water partition coefficient (Wildman–Crippen LogP) is -4.44. The number of aromatic hydroxyl groups is 1. The first-order valence-electron chi connectivity index (χ1n) is 38.3. The smallest absolute Gasteiger partial charge is 0.245 e. The Bertz CT molecular complexity index is 4330. The van der Waals surface area contributed by atoms with Gasteiger partial charge < -0.3 is 116 Å². The SMILES string of the molecule is CC(=O)N[C@@H](CO)C(=O)N[C@@H](Cc1ccc(O)cc1)C(=O)N[C@@H](CO)C(=O)N[C@H]1CSSC[C@@H]2NC(=O)[C@H](Cc3c[nH]c4ccccc34)NC(=O)[C@H](CCCNC(=N)N)NC(=O)[C@@H](Cc3ccccc3)NC(=O)[C@H](Cc3cnc[nH]3)NC(=O)[C@H](CCC(=O)NCCCC[C@@H](C(=O)N3CCC[C@H]3C(=O)N[C@H](C(N)=O)C(C)C)NC2=O)NC1=O. The van der Waals surface area contributed by atoms with Crippen molar-refractivity contribution in [2.24, 2.45) is 17.4 Å². The number of aliphatic hydroxyl groups excluding tert-OH is 2. The Kier molecular flexibility index (Phi) is 34.8. The number of benzene rings is 3. The Labute approximate surface area is 681 Å². The lowest BCUT2D eigenvalue weighted by atomic mass is 10.0. The van der Waals surface area contributed by atoms with Crippen LogP contribution < -0.4 is 85.9 Å². The van der Waals surface area contributed by atoms with Crippen molar-refractivity contribution in [3.63, 3.8) is 0 Å². The molecule has 2 bridgehead atoms. The summed E-state index contributed by atoms with van der Waals surface area (Å²) >= 11 is 0. The highest BCUT2D eigenvalue weighted by Gasteiger charge is 2.42. The second-order valence-corrected chi connectivity index (χ2v) is 31.4. The van der Waals surface area contributed by atoms with Gasteiger partial charge in [-0.2, -0.15) is 0 Å². The molecule has 13 atom stereocenters. The second-order valence-electron chi connectivity index (χ2n) is 28.9.